The van der Waals surface area contributed by atoms with E-state index in [1.54, 1.807) is 7.05 Å². The second-order valence-corrected chi connectivity index (χ2v) is 5.34. The van der Waals surface area contributed by atoms with Crippen molar-refractivity contribution < 1.29 is 4.79 Å². The number of carbonyl (C=O) groups is 1. The number of hydrogen-bond donors (Lipinski definition) is 3. The highest BCUT2D eigenvalue weighted by Gasteiger charge is 2.02. The Labute approximate surface area is 137 Å². The Bertz CT molecular complexity index is 491. The van der Waals surface area contributed by atoms with E-state index < -0.39 is 0 Å². The lowest BCUT2D eigenvalue weighted by atomic mass is 10.1. The van der Waals surface area contributed by atoms with Crippen LogP contribution in [0, 0.1) is 0 Å². The minimum absolute atomic E-state index is 0.0590. The Morgan fingerprint density at radius 1 is 1.18 bits per heavy atom. The molecule has 0 aliphatic rings. The average Bonchev–Trinajstić information content (AvgIpc) is 2.51. The first-order chi connectivity index (χ1) is 10.7. The maximum Gasteiger partial charge on any atom is 0.221 e. The van der Waals surface area contributed by atoms with E-state index in [0.29, 0.717) is 18.9 Å². The molecule has 3 N–H and O–H groups in total. The van der Waals surface area contributed by atoms with Gasteiger partial charge < -0.3 is 16.0 Å². The van der Waals surface area contributed by atoms with Gasteiger partial charge in [-0.1, -0.05) is 30.7 Å². The van der Waals surface area contributed by atoms with Gasteiger partial charge in [0.25, 0.3) is 0 Å². The number of amides is 1. The summed E-state index contributed by atoms with van der Waals surface area (Å²) in [6.45, 7) is 4.07. The molecule has 1 aromatic carbocycles. The van der Waals surface area contributed by atoms with Crippen LogP contribution in [0.4, 0.5) is 0 Å². The number of nitrogens with one attached hydrogen (secondary N) is 3. The number of aliphatic imine (C=N–C) groups is 1. The summed E-state index contributed by atoms with van der Waals surface area (Å²) in [5, 5.41) is 9.94. The molecule has 0 aliphatic heterocycles. The highest BCUT2D eigenvalue weighted by molar-refractivity contribution is 6.30. The molecule has 0 unspecified atom stereocenters. The van der Waals surface area contributed by atoms with Gasteiger partial charge in [0.2, 0.25) is 5.91 Å². The first kappa shape index (κ1) is 18.3. The van der Waals surface area contributed by atoms with E-state index in [1.165, 1.54) is 5.56 Å². The molecule has 0 aliphatic carbocycles. The van der Waals surface area contributed by atoms with Crippen LogP contribution in [0.15, 0.2) is 29.3 Å². The molecule has 0 heterocycles. The summed E-state index contributed by atoms with van der Waals surface area (Å²) in [7, 11) is 1.71. The van der Waals surface area contributed by atoms with Gasteiger partial charge in [-0.05, 0) is 30.5 Å². The first-order valence-corrected chi connectivity index (χ1v) is 7.99. The topological polar surface area (TPSA) is 65.5 Å². The minimum atomic E-state index is 0.0590. The van der Waals surface area contributed by atoms with Gasteiger partial charge in [-0.25, -0.2) is 0 Å². The van der Waals surface area contributed by atoms with Crippen LogP contribution in [-0.4, -0.2) is 38.5 Å². The molecule has 0 spiro atoms. The van der Waals surface area contributed by atoms with Gasteiger partial charge in [-0.2, -0.15) is 0 Å². The predicted octanol–water partition coefficient (Wildman–Crippen LogP) is 1.96. The van der Waals surface area contributed by atoms with Crippen LogP contribution in [0.25, 0.3) is 0 Å². The molecule has 0 saturated heterocycles. The van der Waals surface area contributed by atoms with E-state index in [0.717, 1.165) is 31.0 Å². The maximum atomic E-state index is 11.5. The summed E-state index contributed by atoms with van der Waals surface area (Å²) >= 11 is 5.95. The standard InChI is InChI=1S/C16H25ClN4O/c1-3-9-19-15(22)8-11-21-16(18-2)20-10-7-13-5-4-6-14(17)12-13/h4-6,12H,3,7-11H2,1-2H3,(H,19,22)(H2,18,20,21). The van der Waals surface area contributed by atoms with E-state index >= 15 is 0 Å². The van der Waals surface area contributed by atoms with Crippen LogP contribution in [0.2, 0.25) is 5.02 Å². The smallest absolute Gasteiger partial charge is 0.221 e. The summed E-state index contributed by atoms with van der Waals surface area (Å²) in [5.41, 5.74) is 1.18. The molecule has 0 aromatic heterocycles. The van der Waals surface area contributed by atoms with E-state index in [9.17, 15) is 4.79 Å². The third kappa shape index (κ3) is 7.88. The van der Waals surface area contributed by atoms with E-state index in [4.69, 9.17) is 11.6 Å². The second-order valence-electron chi connectivity index (χ2n) is 4.91. The lowest BCUT2D eigenvalue weighted by molar-refractivity contribution is -0.120. The summed E-state index contributed by atoms with van der Waals surface area (Å²) < 4.78 is 0. The van der Waals surface area contributed by atoms with Gasteiger partial charge in [0, 0.05) is 38.1 Å². The molecule has 0 saturated carbocycles. The molecule has 1 rings (SSSR count). The first-order valence-electron chi connectivity index (χ1n) is 7.61. The van der Waals surface area contributed by atoms with Gasteiger partial charge >= 0.3 is 0 Å². The third-order valence-corrected chi connectivity index (χ3v) is 3.27. The fourth-order valence-electron chi connectivity index (χ4n) is 1.89. The highest BCUT2D eigenvalue weighted by Crippen LogP contribution is 2.10. The van der Waals surface area contributed by atoms with Crippen molar-refractivity contribution in [2.24, 2.45) is 4.99 Å². The predicted molar refractivity (Wildman–Crippen MR) is 92.4 cm³/mol. The van der Waals surface area contributed by atoms with Crippen LogP contribution in [0.1, 0.15) is 25.3 Å². The Hall–Kier alpha value is -1.75. The number of nitrogens with zero attached hydrogens (tertiary/aromatic N) is 1. The van der Waals surface area contributed by atoms with Crippen molar-refractivity contribution >= 4 is 23.5 Å². The summed E-state index contributed by atoms with van der Waals surface area (Å²) in [5.74, 6) is 0.758. The Morgan fingerprint density at radius 2 is 1.95 bits per heavy atom. The second kappa shape index (κ2) is 10.9. The van der Waals surface area contributed by atoms with Gasteiger partial charge in [-0.15, -0.1) is 0 Å². The minimum Gasteiger partial charge on any atom is -0.356 e. The molecular formula is C16H25ClN4O. The molecule has 5 nitrogen and oxygen atoms in total. The lowest BCUT2D eigenvalue weighted by Gasteiger charge is -2.12. The average molecular weight is 325 g/mol. The van der Waals surface area contributed by atoms with Crippen LogP contribution in [0.3, 0.4) is 0 Å². The Balaban J connectivity index is 2.21. The van der Waals surface area contributed by atoms with Crippen LogP contribution in [-0.2, 0) is 11.2 Å². The number of halogens is 1. The Morgan fingerprint density at radius 3 is 2.64 bits per heavy atom. The molecule has 0 radical (unpaired) electrons. The van der Waals surface area contributed by atoms with Gasteiger partial charge in [-0.3, -0.25) is 9.79 Å². The third-order valence-electron chi connectivity index (χ3n) is 3.04. The number of hydrogen-bond acceptors (Lipinski definition) is 2. The van der Waals surface area contributed by atoms with Gasteiger partial charge in [0.1, 0.15) is 0 Å². The molecule has 0 bridgehead atoms. The highest BCUT2D eigenvalue weighted by atomic mass is 35.5. The molecule has 22 heavy (non-hydrogen) atoms. The molecule has 122 valence electrons. The van der Waals surface area contributed by atoms with Crippen LogP contribution in [0.5, 0.6) is 0 Å². The molecular weight excluding hydrogens is 300 g/mol. The van der Waals surface area contributed by atoms with Gasteiger partial charge in [0.05, 0.1) is 0 Å². The zero-order chi connectivity index (χ0) is 16.2. The van der Waals surface area contributed by atoms with E-state index in [2.05, 4.69) is 20.9 Å². The monoisotopic (exact) mass is 324 g/mol. The van der Waals surface area contributed by atoms with Crippen molar-refractivity contribution in [1.82, 2.24) is 16.0 Å². The zero-order valence-electron chi connectivity index (χ0n) is 13.3. The fourth-order valence-corrected chi connectivity index (χ4v) is 2.10. The molecule has 0 atom stereocenters. The van der Waals surface area contributed by atoms with E-state index in [-0.39, 0.29) is 5.91 Å². The number of carbonyl (C=O) groups excluding carboxylic acids is 1. The quantitative estimate of drug-likeness (QED) is 0.506. The van der Waals surface area contributed by atoms with Crippen LogP contribution < -0.4 is 16.0 Å². The lowest BCUT2D eigenvalue weighted by Crippen LogP contribution is -2.40. The number of guanidine groups is 1. The fraction of sp³-hybridized carbons (Fsp3) is 0.500. The van der Waals surface area contributed by atoms with Crippen molar-refractivity contribution in [2.75, 3.05) is 26.7 Å². The van der Waals surface area contributed by atoms with Crippen molar-refractivity contribution in [1.29, 1.82) is 0 Å². The summed E-state index contributed by atoms with van der Waals surface area (Å²) in [6, 6.07) is 7.81. The van der Waals surface area contributed by atoms with Crippen molar-refractivity contribution in [2.45, 2.75) is 26.2 Å². The summed E-state index contributed by atoms with van der Waals surface area (Å²) in [6.07, 6.45) is 2.25. The number of rotatable bonds is 8. The molecule has 0 fully saturated rings. The number of benzene rings is 1. The SMILES string of the molecule is CCCNC(=O)CCNC(=NC)NCCc1cccc(Cl)c1. The molecule has 1 aromatic rings. The summed E-state index contributed by atoms with van der Waals surface area (Å²) in [4.78, 5) is 15.6. The largest absolute Gasteiger partial charge is 0.356 e. The van der Waals surface area contributed by atoms with E-state index in [1.807, 2.05) is 31.2 Å². The Kier molecular flexibility index (Phi) is 9.07. The van der Waals surface area contributed by atoms with Crippen molar-refractivity contribution in [3.8, 4) is 0 Å². The van der Waals surface area contributed by atoms with Crippen molar-refractivity contribution in [3.05, 3.63) is 34.9 Å². The van der Waals surface area contributed by atoms with Crippen molar-refractivity contribution in [3.63, 3.8) is 0 Å². The molecule has 6 heteroatoms. The zero-order valence-corrected chi connectivity index (χ0v) is 14.0. The van der Waals surface area contributed by atoms with Gasteiger partial charge in [0.15, 0.2) is 5.96 Å². The normalized spacial score (nSPS) is 11.1. The maximum absolute atomic E-state index is 11.5. The van der Waals surface area contributed by atoms with Crippen LogP contribution >= 0.6 is 11.6 Å². The molecule has 1 amide bonds.